The highest BCUT2D eigenvalue weighted by molar-refractivity contribution is 7.12. The predicted octanol–water partition coefficient (Wildman–Crippen LogP) is 7.73. The number of carboxylic acid groups (broad SMARTS) is 1. The fourth-order valence-corrected chi connectivity index (χ4v) is 4.92. The second-order valence-electron chi connectivity index (χ2n) is 8.26. The van der Waals surface area contributed by atoms with Gasteiger partial charge in [-0.3, -0.25) is 0 Å². The summed E-state index contributed by atoms with van der Waals surface area (Å²) in [7, 11) is 0. The van der Waals surface area contributed by atoms with Crippen LogP contribution in [0.25, 0.3) is 0 Å². The maximum absolute atomic E-state index is 10.8. The zero-order valence-corrected chi connectivity index (χ0v) is 17.8. The van der Waals surface area contributed by atoms with E-state index in [0.29, 0.717) is 4.88 Å². The van der Waals surface area contributed by atoms with Gasteiger partial charge in [0.05, 0.1) is 0 Å². The summed E-state index contributed by atoms with van der Waals surface area (Å²) in [5.74, 6) is 0.241. The second kappa shape index (κ2) is 14.0. The van der Waals surface area contributed by atoms with Crippen molar-refractivity contribution >= 4 is 23.0 Å². The monoisotopic (exact) mass is 393 g/mol. The van der Waals surface area contributed by atoms with Gasteiger partial charge < -0.3 is 10.4 Å². The van der Waals surface area contributed by atoms with Gasteiger partial charge in [0.1, 0.15) is 4.88 Å². The fourth-order valence-electron chi connectivity index (χ4n) is 4.22. The average molecular weight is 394 g/mol. The maximum Gasteiger partial charge on any atom is 0.345 e. The van der Waals surface area contributed by atoms with Crippen LogP contribution in [0.15, 0.2) is 11.4 Å². The molecule has 1 fully saturated rings. The number of anilines is 1. The van der Waals surface area contributed by atoms with Crippen molar-refractivity contribution in [3.8, 4) is 0 Å². The van der Waals surface area contributed by atoms with Crippen molar-refractivity contribution in [3.05, 3.63) is 16.3 Å². The molecule has 1 heterocycles. The molecular weight excluding hydrogens is 354 g/mol. The summed E-state index contributed by atoms with van der Waals surface area (Å²) in [6.45, 7) is 0.941. The van der Waals surface area contributed by atoms with Gasteiger partial charge in [-0.25, -0.2) is 4.79 Å². The van der Waals surface area contributed by atoms with Crippen LogP contribution in [-0.4, -0.2) is 17.6 Å². The topological polar surface area (TPSA) is 49.3 Å². The number of carboxylic acids is 1. The van der Waals surface area contributed by atoms with Crippen LogP contribution in [-0.2, 0) is 0 Å². The van der Waals surface area contributed by atoms with Gasteiger partial charge in [-0.2, -0.15) is 0 Å². The Morgan fingerprint density at radius 2 is 1.48 bits per heavy atom. The number of hydrogen-bond acceptors (Lipinski definition) is 3. The fraction of sp³-hybridized carbons (Fsp3) is 0.783. The van der Waals surface area contributed by atoms with E-state index in [4.69, 9.17) is 5.11 Å². The molecule has 0 spiro atoms. The molecule has 0 aliphatic heterocycles. The van der Waals surface area contributed by atoms with Crippen LogP contribution >= 0.6 is 11.3 Å². The van der Waals surface area contributed by atoms with E-state index >= 15 is 0 Å². The summed E-state index contributed by atoms with van der Waals surface area (Å²) in [6.07, 6.45) is 22.7. The summed E-state index contributed by atoms with van der Waals surface area (Å²) < 4.78 is 0. The normalized spacial score (nSPS) is 14.7. The summed E-state index contributed by atoms with van der Waals surface area (Å²) in [4.78, 5) is 11.2. The largest absolute Gasteiger partial charge is 0.477 e. The van der Waals surface area contributed by atoms with Crippen molar-refractivity contribution in [2.24, 2.45) is 5.92 Å². The lowest BCUT2D eigenvalue weighted by Gasteiger charge is -2.08. The van der Waals surface area contributed by atoms with Crippen molar-refractivity contribution in [2.75, 3.05) is 11.9 Å². The smallest absolute Gasteiger partial charge is 0.345 e. The minimum Gasteiger partial charge on any atom is -0.477 e. The molecule has 0 saturated heterocycles. The first-order valence-corrected chi connectivity index (χ1v) is 12.2. The van der Waals surface area contributed by atoms with Crippen molar-refractivity contribution in [1.29, 1.82) is 0 Å². The quantitative estimate of drug-likeness (QED) is 0.282. The van der Waals surface area contributed by atoms with Crippen LogP contribution in [0.4, 0.5) is 5.69 Å². The third-order valence-corrected chi connectivity index (χ3v) is 6.82. The third-order valence-electron chi connectivity index (χ3n) is 5.90. The molecule has 1 aromatic heterocycles. The Labute approximate surface area is 170 Å². The Balaban J connectivity index is 1.28. The zero-order valence-electron chi connectivity index (χ0n) is 17.0. The first-order valence-electron chi connectivity index (χ1n) is 11.3. The Morgan fingerprint density at radius 1 is 0.926 bits per heavy atom. The first-order chi connectivity index (χ1) is 13.3. The van der Waals surface area contributed by atoms with E-state index in [1.807, 2.05) is 5.38 Å². The molecule has 2 rings (SSSR count). The molecule has 0 unspecified atom stereocenters. The number of nitrogens with one attached hydrogen (secondary N) is 1. The van der Waals surface area contributed by atoms with Crippen molar-refractivity contribution in [1.82, 2.24) is 0 Å². The third kappa shape index (κ3) is 10.2. The highest BCUT2D eigenvalue weighted by Crippen LogP contribution is 2.29. The van der Waals surface area contributed by atoms with E-state index in [1.54, 1.807) is 6.07 Å². The number of rotatable bonds is 16. The molecule has 1 aliphatic carbocycles. The molecule has 0 atom stereocenters. The van der Waals surface area contributed by atoms with Gasteiger partial charge in [0.2, 0.25) is 0 Å². The highest BCUT2D eigenvalue weighted by atomic mass is 32.1. The van der Waals surface area contributed by atoms with Gasteiger partial charge in [-0.1, -0.05) is 96.3 Å². The molecule has 0 amide bonds. The van der Waals surface area contributed by atoms with E-state index in [9.17, 15) is 4.79 Å². The molecule has 2 N–H and O–H groups in total. The van der Waals surface area contributed by atoms with Crippen molar-refractivity contribution in [3.63, 3.8) is 0 Å². The van der Waals surface area contributed by atoms with Gasteiger partial charge in [-0.05, 0) is 18.4 Å². The number of thiophene rings is 1. The van der Waals surface area contributed by atoms with Crippen molar-refractivity contribution < 1.29 is 9.90 Å². The number of hydrogen-bond donors (Lipinski definition) is 2. The minimum absolute atomic E-state index is 0.409. The van der Waals surface area contributed by atoms with Gasteiger partial charge >= 0.3 is 5.97 Å². The van der Waals surface area contributed by atoms with Crippen LogP contribution in [0.5, 0.6) is 0 Å². The second-order valence-corrected chi connectivity index (χ2v) is 9.17. The van der Waals surface area contributed by atoms with Gasteiger partial charge in [0.15, 0.2) is 0 Å². The molecule has 0 radical (unpaired) electrons. The van der Waals surface area contributed by atoms with Gasteiger partial charge in [0, 0.05) is 17.6 Å². The predicted molar refractivity (Wildman–Crippen MR) is 117 cm³/mol. The van der Waals surface area contributed by atoms with Crippen LogP contribution in [0.1, 0.15) is 112 Å². The lowest BCUT2D eigenvalue weighted by Crippen LogP contribution is -2.00. The number of unbranched alkanes of at least 4 members (excludes halogenated alkanes) is 10. The van der Waals surface area contributed by atoms with Crippen LogP contribution in [0.2, 0.25) is 0 Å². The van der Waals surface area contributed by atoms with E-state index < -0.39 is 5.97 Å². The van der Waals surface area contributed by atoms with Crippen molar-refractivity contribution in [2.45, 2.75) is 103 Å². The number of carbonyl (C=O) groups is 1. The lowest BCUT2D eigenvalue weighted by atomic mass is 9.99. The van der Waals surface area contributed by atoms with Crippen LogP contribution in [0.3, 0.4) is 0 Å². The molecule has 1 aliphatic rings. The minimum atomic E-state index is -0.836. The van der Waals surface area contributed by atoms with Crippen LogP contribution < -0.4 is 5.32 Å². The highest BCUT2D eigenvalue weighted by Gasteiger charge is 2.13. The molecule has 3 nitrogen and oxygen atoms in total. The molecular formula is C23H39NO2S. The van der Waals surface area contributed by atoms with E-state index in [1.165, 1.54) is 114 Å². The van der Waals surface area contributed by atoms with Gasteiger partial charge in [0.25, 0.3) is 0 Å². The summed E-state index contributed by atoms with van der Waals surface area (Å²) >= 11 is 1.29. The Morgan fingerprint density at radius 3 is 2.04 bits per heavy atom. The molecule has 154 valence electrons. The molecule has 27 heavy (non-hydrogen) atoms. The van der Waals surface area contributed by atoms with Gasteiger partial charge in [-0.15, -0.1) is 11.3 Å². The molecule has 0 aromatic carbocycles. The first kappa shape index (κ1) is 22.3. The number of aromatic carboxylic acids is 1. The standard InChI is InChI=1S/C23H39NO2S/c25-23(26)22-18-21(19-27-22)24-17-13-9-7-5-3-1-2-4-6-8-10-14-20-15-11-12-16-20/h18-20,24H,1-17H2,(H,25,26). The van der Waals surface area contributed by atoms with E-state index in [2.05, 4.69) is 5.32 Å². The van der Waals surface area contributed by atoms with E-state index in [-0.39, 0.29) is 0 Å². The summed E-state index contributed by atoms with van der Waals surface area (Å²) in [5, 5.41) is 14.1. The Bertz CT molecular complexity index is 508. The maximum atomic E-state index is 10.8. The zero-order chi connectivity index (χ0) is 19.2. The Hall–Kier alpha value is -1.03. The van der Waals surface area contributed by atoms with Crippen LogP contribution in [0, 0.1) is 5.92 Å². The molecule has 1 saturated carbocycles. The summed E-state index contributed by atoms with van der Waals surface area (Å²) in [6, 6.07) is 1.72. The average Bonchev–Trinajstić information content (AvgIpc) is 3.34. The summed E-state index contributed by atoms with van der Waals surface area (Å²) in [5.41, 5.74) is 0.945. The SMILES string of the molecule is O=C(O)c1cc(NCCCCCCCCCCCCCC2CCCC2)cs1. The molecule has 0 bridgehead atoms. The van der Waals surface area contributed by atoms with E-state index in [0.717, 1.165) is 18.2 Å². The lowest BCUT2D eigenvalue weighted by molar-refractivity contribution is 0.0702. The molecule has 1 aromatic rings. The molecule has 4 heteroatoms. The Kier molecular flexibility index (Phi) is 11.6.